The molecule has 0 saturated heterocycles. The van der Waals surface area contributed by atoms with Gasteiger partial charge in [-0.3, -0.25) is 14.9 Å². The van der Waals surface area contributed by atoms with Crippen LogP contribution in [-0.2, 0) is 4.79 Å². The van der Waals surface area contributed by atoms with E-state index in [4.69, 9.17) is 25.8 Å². The van der Waals surface area contributed by atoms with Crippen molar-refractivity contribution in [2.24, 2.45) is 5.10 Å². The van der Waals surface area contributed by atoms with E-state index in [9.17, 15) is 19.7 Å². The summed E-state index contributed by atoms with van der Waals surface area (Å²) in [5, 5.41) is 15.1. The summed E-state index contributed by atoms with van der Waals surface area (Å²) in [5.74, 6) is -0.239. The average molecular weight is 512 g/mol. The largest absolute Gasteiger partial charge is 0.490 e. The lowest BCUT2D eigenvalue weighted by Crippen LogP contribution is -2.33. The number of hydrogen-bond donors (Lipinski definition) is 1. The van der Waals surface area contributed by atoms with E-state index in [1.54, 1.807) is 49.4 Å². The Kier molecular flexibility index (Phi) is 8.95. The molecule has 3 aromatic carbocycles. The van der Waals surface area contributed by atoms with Crippen molar-refractivity contribution in [3.05, 3.63) is 93.0 Å². The number of nitrogens with zero attached hydrogens (tertiary/aromatic N) is 2. The van der Waals surface area contributed by atoms with Crippen LogP contribution in [0, 0.1) is 10.1 Å². The topological polar surface area (TPSA) is 129 Å². The summed E-state index contributed by atoms with van der Waals surface area (Å²) in [5.41, 5.74) is 3.19. The summed E-state index contributed by atoms with van der Waals surface area (Å²) in [6.45, 7) is 3.64. The van der Waals surface area contributed by atoms with Gasteiger partial charge in [-0.2, -0.15) is 5.10 Å². The molecule has 0 bridgehead atoms. The van der Waals surface area contributed by atoms with Crippen LogP contribution in [-0.4, -0.2) is 35.7 Å². The molecule has 1 amide bonds. The maximum Gasteiger partial charge on any atom is 0.343 e. The monoisotopic (exact) mass is 511 g/mol. The van der Waals surface area contributed by atoms with Crippen LogP contribution in [0.2, 0.25) is 5.02 Å². The number of amides is 1. The lowest BCUT2D eigenvalue weighted by atomic mass is 10.2. The smallest absolute Gasteiger partial charge is 0.343 e. The van der Waals surface area contributed by atoms with Crippen LogP contribution in [0.3, 0.4) is 0 Å². The van der Waals surface area contributed by atoms with Crippen LogP contribution >= 0.6 is 11.6 Å². The quantitative estimate of drug-likeness (QED) is 0.136. The molecule has 0 radical (unpaired) electrons. The molecule has 1 atom stereocenters. The number of benzene rings is 3. The van der Waals surface area contributed by atoms with Crippen molar-refractivity contribution in [3.8, 4) is 17.2 Å². The number of rotatable bonds is 10. The number of non-ortho nitro benzene ring substituents is 1. The summed E-state index contributed by atoms with van der Waals surface area (Å²) in [6.07, 6.45) is 0.487. The Labute approximate surface area is 211 Å². The van der Waals surface area contributed by atoms with Crippen LogP contribution in [0.25, 0.3) is 0 Å². The number of carbonyl (C=O) groups is 2. The molecule has 11 heteroatoms. The first-order valence-electron chi connectivity index (χ1n) is 10.8. The van der Waals surface area contributed by atoms with Crippen molar-refractivity contribution >= 4 is 35.4 Å². The Hall–Kier alpha value is -4.44. The first-order valence-corrected chi connectivity index (χ1v) is 11.1. The normalized spacial score (nSPS) is 11.5. The number of carbonyl (C=O) groups excluding carboxylic acids is 2. The van der Waals surface area contributed by atoms with Gasteiger partial charge in [-0.05, 0) is 74.0 Å². The second kappa shape index (κ2) is 12.3. The minimum Gasteiger partial charge on any atom is -0.490 e. The summed E-state index contributed by atoms with van der Waals surface area (Å²) >= 11 is 5.85. The highest BCUT2D eigenvalue weighted by molar-refractivity contribution is 6.30. The maximum atomic E-state index is 12.4. The van der Waals surface area contributed by atoms with E-state index in [0.29, 0.717) is 34.3 Å². The molecule has 3 aromatic rings. The SMILES string of the molecule is CCOc1cc(/C=N/NC(=O)C(C)Oc2ccc([N+](=O)[O-])cc2)ccc1OC(=O)c1ccc(Cl)cc1. The maximum absolute atomic E-state index is 12.4. The first-order chi connectivity index (χ1) is 17.3. The van der Waals surface area contributed by atoms with Gasteiger partial charge in [0.05, 0.1) is 23.3 Å². The highest BCUT2D eigenvalue weighted by Gasteiger charge is 2.16. The van der Waals surface area contributed by atoms with Gasteiger partial charge in [-0.1, -0.05) is 11.6 Å². The fourth-order valence-corrected chi connectivity index (χ4v) is 2.99. The van der Waals surface area contributed by atoms with Gasteiger partial charge in [0.2, 0.25) is 0 Å². The predicted molar refractivity (Wildman–Crippen MR) is 133 cm³/mol. The van der Waals surface area contributed by atoms with E-state index < -0.39 is 22.9 Å². The van der Waals surface area contributed by atoms with Crippen molar-refractivity contribution in [2.75, 3.05) is 6.61 Å². The van der Waals surface area contributed by atoms with E-state index >= 15 is 0 Å². The third-order valence-electron chi connectivity index (χ3n) is 4.67. The van der Waals surface area contributed by atoms with Crippen LogP contribution in [0.1, 0.15) is 29.8 Å². The molecular formula is C25H22ClN3O7. The fraction of sp³-hybridized carbons (Fsp3) is 0.160. The lowest BCUT2D eigenvalue weighted by molar-refractivity contribution is -0.384. The average Bonchev–Trinajstić information content (AvgIpc) is 2.86. The van der Waals surface area contributed by atoms with E-state index in [-0.39, 0.29) is 11.4 Å². The van der Waals surface area contributed by atoms with Crippen molar-refractivity contribution in [3.63, 3.8) is 0 Å². The highest BCUT2D eigenvalue weighted by Crippen LogP contribution is 2.29. The number of esters is 1. The number of nitro groups is 1. The van der Waals surface area contributed by atoms with Crippen LogP contribution < -0.4 is 19.6 Å². The number of nitro benzene ring substituents is 1. The van der Waals surface area contributed by atoms with Gasteiger partial charge < -0.3 is 14.2 Å². The zero-order chi connectivity index (χ0) is 26.1. The van der Waals surface area contributed by atoms with Crippen LogP contribution in [0.15, 0.2) is 71.8 Å². The van der Waals surface area contributed by atoms with Gasteiger partial charge in [0.15, 0.2) is 17.6 Å². The summed E-state index contributed by atoms with van der Waals surface area (Å²) in [7, 11) is 0. The van der Waals surface area contributed by atoms with E-state index in [1.165, 1.54) is 37.4 Å². The minimum absolute atomic E-state index is 0.0822. The lowest BCUT2D eigenvalue weighted by Gasteiger charge is -2.13. The van der Waals surface area contributed by atoms with Gasteiger partial charge in [0.1, 0.15) is 5.75 Å². The molecule has 0 aliphatic rings. The summed E-state index contributed by atoms with van der Waals surface area (Å²) < 4.78 is 16.5. The molecule has 0 aromatic heterocycles. The Bertz CT molecular complexity index is 1260. The summed E-state index contributed by atoms with van der Waals surface area (Å²) in [6, 6.07) is 16.5. The Morgan fingerprint density at radius 1 is 1.08 bits per heavy atom. The Balaban J connectivity index is 1.60. The predicted octanol–water partition coefficient (Wildman–Crippen LogP) is 4.78. The molecule has 10 nitrogen and oxygen atoms in total. The molecule has 1 unspecified atom stereocenters. The standard InChI is InChI=1S/C25H22ClN3O7/c1-3-34-23-14-17(4-13-22(23)36-25(31)18-5-7-19(26)8-6-18)15-27-28-24(30)16(2)35-21-11-9-20(10-12-21)29(32)33/h4-16H,3H2,1-2H3,(H,28,30)/b27-15+. The van der Waals surface area contributed by atoms with E-state index in [0.717, 1.165) is 0 Å². The van der Waals surface area contributed by atoms with Crippen molar-refractivity contribution in [2.45, 2.75) is 20.0 Å². The van der Waals surface area contributed by atoms with Crippen LogP contribution in [0.5, 0.6) is 17.2 Å². The van der Waals surface area contributed by atoms with Gasteiger partial charge in [0.25, 0.3) is 11.6 Å². The van der Waals surface area contributed by atoms with Gasteiger partial charge >= 0.3 is 5.97 Å². The third-order valence-corrected chi connectivity index (χ3v) is 4.92. The number of hydrazone groups is 1. The number of nitrogens with one attached hydrogen (secondary N) is 1. The third kappa shape index (κ3) is 7.28. The van der Waals surface area contributed by atoms with Gasteiger partial charge in [0, 0.05) is 17.2 Å². The zero-order valence-corrected chi connectivity index (χ0v) is 20.1. The number of hydrogen-bond acceptors (Lipinski definition) is 8. The van der Waals surface area contributed by atoms with Crippen molar-refractivity contribution < 1.29 is 28.7 Å². The second-order valence-electron chi connectivity index (χ2n) is 7.28. The molecule has 186 valence electrons. The number of ether oxygens (including phenoxy) is 3. The van der Waals surface area contributed by atoms with Gasteiger partial charge in [-0.15, -0.1) is 0 Å². The molecule has 0 fully saturated rings. The molecule has 0 aliphatic heterocycles. The molecule has 1 N–H and O–H groups in total. The second-order valence-corrected chi connectivity index (χ2v) is 7.72. The first kappa shape index (κ1) is 26.2. The Morgan fingerprint density at radius 2 is 1.78 bits per heavy atom. The molecule has 0 spiro atoms. The highest BCUT2D eigenvalue weighted by atomic mass is 35.5. The van der Waals surface area contributed by atoms with Crippen LogP contribution in [0.4, 0.5) is 5.69 Å². The van der Waals surface area contributed by atoms with E-state index in [1.807, 2.05) is 0 Å². The molecule has 36 heavy (non-hydrogen) atoms. The molecule has 0 aliphatic carbocycles. The molecular weight excluding hydrogens is 490 g/mol. The number of halogens is 1. The van der Waals surface area contributed by atoms with E-state index in [2.05, 4.69) is 10.5 Å². The minimum atomic E-state index is -0.905. The summed E-state index contributed by atoms with van der Waals surface area (Å²) in [4.78, 5) is 34.9. The molecule has 0 heterocycles. The Morgan fingerprint density at radius 3 is 2.42 bits per heavy atom. The molecule has 0 saturated carbocycles. The van der Waals surface area contributed by atoms with Crippen molar-refractivity contribution in [1.82, 2.24) is 5.43 Å². The van der Waals surface area contributed by atoms with Crippen molar-refractivity contribution in [1.29, 1.82) is 0 Å². The zero-order valence-electron chi connectivity index (χ0n) is 19.3. The fourth-order valence-electron chi connectivity index (χ4n) is 2.87. The molecule has 3 rings (SSSR count). The van der Waals surface area contributed by atoms with Gasteiger partial charge in [-0.25, -0.2) is 10.2 Å².